The number of benzene rings is 3. The zero-order valence-electron chi connectivity index (χ0n) is 83.7. The third-order valence-corrected chi connectivity index (χ3v) is 48.1. The predicted octanol–water partition coefficient (Wildman–Crippen LogP) is 21.6. The van der Waals surface area contributed by atoms with Crippen molar-refractivity contribution in [1.29, 1.82) is 5.41 Å². The Bertz CT molecular complexity index is 4060. The largest absolute Gasteiger partial charge is 0.462 e. The molecule has 738 valence electrons. The maximum Gasteiger partial charge on any atom is 0.308 e. The van der Waals surface area contributed by atoms with Crippen molar-refractivity contribution < 1.29 is 113 Å². The summed E-state index contributed by atoms with van der Waals surface area (Å²) in [5.41, 5.74) is 1.77. The number of nitrogens with one attached hydrogen (secondary N) is 1. The van der Waals surface area contributed by atoms with E-state index in [1.54, 1.807) is 20.8 Å². The number of rotatable bonds is 40. The van der Waals surface area contributed by atoms with Gasteiger partial charge in [-0.05, 0) is 130 Å². The zero-order chi connectivity index (χ0) is 96.2. The summed E-state index contributed by atoms with van der Waals surface area (Å²) in [5, 5.41) is 8.31. The Labute approximate surface area is 796 Å². The Morgan fingerprint density at radius 2 is 1.02 bits per heavy atom. The normalized spacial score (nSPS) is 32.1. The second-order valence-electron chi connectivity index (χ2n) is 44.3. The quantitative estimate of drug-likeness (QED) is 0.0182. The number of hydrogen-bond donors (Lipinski definition) is 1. The van der Waals surface area contributed by atoms with Gasteiger partial charge >= 0.3 is 11.9 Å². The molecule has 7 heterocycles. The van der Waals surface area contributed by atoms with Crippen molar-refractivity contribution in [2.24, 2.45) is 29.6 Å². The zero-order valence-corrected chi connectivity index (χ0v) is 89.9. The van der Waals surface area contributed by atoms with Crippen molar-refractivity contribution in [2.75, 3.05) is 26.4 Å². The van der Waals surface area contributed by atoms with E-state index in [0.29, 0.717) is 26.1 Å². The van der Waals surface area contributed by atoms with Crippen LogP contribution in [0, 0.1) is 35.0 Å². The van der Waals surface area contributed by atoms with Gasteiger partial charge in [0.15, 0.2) is 70.5 Å². The molecule has 10 rings (SSSR count). The minimum atomic E-state index is -2.71. The molecule has 7 aliphatic heterocycles. The first kappa shape index (κ1) is 109. The van der Waals surface area contributed by atoms with Crippen LogP contribution in [0.1, 0.15) is 221 Å². The molecule has 3 aromatic rings. The summed E-state index contributed by atoms with van der Waals surface area (Å²) in [7, 11) is -9.81. The van der Waals surface area contributed by atoms with Gasteiger partial charge in [-0.15, -0.1) is 0 Å². The van der Waals surface area contributed by atoms with Crippen molar-refractivity contribution in [2.45, 2.75) is 434 Å². The first-order chi connectivity index (χ1) is 60.3. The highest BCUT2D eigenvalue weighted by Gasteiger charge is 2.64. The Morgan fingerprint density at radius 1 is 0.523 bits per heavy atom. The number of halogens is 3. The lowest BCUT2D eigenvalue weighted by atomic mass is 9.90. The topological polar surface area (TPSA) is 261 Å². The molecule has 0 saturated carbocycles. The highest BCUT2D eigenvalue weighted by molar-refractivity contribution is 6.76. The van der Waals surface area contributed by atoms with Crippen LogP contribution in [0.15, 0.2) is 91.0 Å². The van der Waals surface area contributed by atoms with Crippen molar-refractivity contribution in [1.82, 2.24) is 0 Å². The van der Waals surface area contributed by atoms with Gasteiger partial charge in [0.1, 0.15) is 60.5 Å². The first-order valence-electron chi connectivity index (χ1n) is 47.5. The molecule has 32 heteroatoms. The van der Waals surface area contributed by atoms with Gasteiger partial charge in [0.25, 0.3) is 3.79 Å². The minimum absolute atomic E-state index is 0.0109. The Hall–Kier alpha value is -2.95. The van der Waals surface area contributed by atoms with E-state index in [-0.39, 0.29) is 102 Å². The minimum Gasteiger partial charge on any atom is -0.462 e. The van der Waals surface area contributed by atoms with Crippen molar-refractivity contribution in [3.8, 4) is 0 Å². The van der Waals surface area contributed by atoms with Gasteiger partial charge < -0.3 is 103 Å². The number of alkyl halides is 3. The van der Waals surface area contributed by atoms with Crippen LogP contribution in [-0.4, -0.2) is 222 Å². The summed E-state index contributed by atoms with van der Waals surface area (Å²) in [6, 6.07) is 29.6. The standard InChI is InChI=1S/C98H160Cl3NO24Si4/c1-32-59(3)71(112-75(103)51-70(125-129(28,29)94(16,17)18)50-72(60(4)33-2)113-86-63(7)79(126-130(30,31)95(19,20)21)74(114-86)56-109-127(24,25)92(10,11)12)49-69(124-128(26,27)93(13,14)15)52-76(104)115-77-61(5)80(88(110-64(77)8)120-91(102)98(99,100)101)117-89-83-82(121-96(22,23)122-83)81(65(9)111-89)118-85-62(6)78(73(55-107-85)106-54-67-45-39-35-40-46-67)116-90-84-97(58-108-90,57-105-53-66-43-37-34-38-44-66)123-87(119-84)68-47-41-36-42-48-68/h34-48,59-65,69-74,77-90,102H,32-33,49-58H2,1-31H3/t59-,60-,61?,62?,63?,64?,65?,69-,70-,71-,72-,73+,74-,77+,78?,79?,80?,81-,82?,83?,84+,85-,86+,87-,88+,89-,90-,97?/m0/s1. The van der Waals surface area contributed by atoms with Gasteiger partial charge in [-0.25, -0.2) is 0 Å². The van der Waals surface area contributed by atoms with Gasteiger partial charge in [-0.2, -0.15) is 0 Å². The molecule has 25 nitrogen and oxygen atoms in total. The van der Waals surface area contributed by atoms with Crippen LogP contribution in [-0.2, 0) is 126 Å². The Morgan fingerprint density at radius 3 is 1.58 bits per heavy atom. The molecule has 7 saturated heterocycles. The molecular formula is C98H160Cl3NO24Si4. The number of ether oxygens (including phenoxy) is 18. The van der Waals surface area contributed by atoms with Crippen LogP contribution in [0.2, 0.25) is 72.5 Å². The Kier molecular flexibility index (Phi) is 37.1. The van der Waals surface area contributed by atoms with Gasteiger partial charge in [0.2, 0.25) is 12.2 Å². The van der Waals surface area contributed by atoms with Gasteiger partial charge in [-0.3, -0.25) is 15.0 Å². The van der Waals surface area contributed by atoms with Crippen LogP contribution in [0.3, 0.4) is 0 Å². The van der Waals surface area contributed by atoms with E-state index in [2.05, 4.69) is 170 Å². The molecule has 0 spiro atoms. The summed E-state index contributed by atoms with van der Waals surface area (Å²) in [5.74, 6) is -4.59. The van der Waals surface area contributed by atoms with E-state index < -0.39 is 195 Å². The lowest BCUT2D eigenvalue weighted by molar-refractivity contribution is -0.357. The molecule has 1 N–H and O–H groups in total. The average Bonchev–Trinajstić information content (AvgIpc) is 1.57. The molecule has 11 unspecified atom stereocenters. The van der Waals surface area contributed by atoms with Gasteiger partial charge in [0.05, 0.1) is 95.2 Å². The highest BCUT2D eigenvalue weighted by Crippen LogP contribution is 2.51. The molecule has 0 radical (unpaired) electrons. The maximum atomic E-state index is 15.3. The third-order valence-electron chi connectivity index (χ3n) is 29.5. The van der Waals surface area contributed by atoms with Crippen LogP contribution in [0.4, 0.5) is 0 Å². The van der Waals surface area contributed by atoms with Crippen LogP contribution in [0.25, 0.3) is 0 Å². The predicted molar refractivity (Wildman–Crippen MR) is 512 cm³/mol. The van der Waals surface area contributed by atoms with E-state index in [0.717, 1.165) is 23.1 Å². The average molecular weight is 1960 g/mol. The first-order valence-corrected chi connectivity index (χ1v) is 60.3. The highest BCUT2D eigenvalue weighted by atomic mass is 35.6. The van der Waals surface area contributed by atoms with Crippen LogP contribution < -0.4 is 0 Å². The molecule has 0 amide bonds. The SMILES string of the molecule is CC[C@H](C)[C@H](C[C@@H](CC(=O)O[C@H]1C(C)O[C@H](OC(=N)C(Cl)(Cl)Cl)C(O[C@@H]2OC(C)[C@H](O[C@@H]3OC[C@@H](OCc4ccccc4)C(O[C@@H]4OCC5(COCc6ccccc6)O[C@@H](c6ccccc6)O[C@H]45)C3C)C3OC(C)(C)OC32)C1C)O[Si](C)(C)C(C)(C)C)OC(=O)C[C@H](C[C@H](O[C@@H]1O[C@@H](CO[Si](C)(C)C(C)(C)C)C(O[Si](C)(C)C(C)(C)C)C1C)[C@@H](C)CC)O[Si](C)(C)C(C)(C)C. The number of esters is 2. The van der Waals surface area contributed by atoms with E-state index in [9.17, 15) is 0 Å². The van der Waals surface area contributed by atoms with Crippen molar-refractivity contribution in [3.63, 3.8) is 0 Å². The molecule has 0 aromatic heterocycles. The molecule has 3 aromatic carbocycles. The molecule has 0 aliphatic carbocycles. The number of hydrogen-bond acceptors (Lipinski definition) is 25. The number of carbonyl (C=O) groups excluding carboxylic acids is 2. The monoisotopic (exact) mass is 1950 g/mol. The molecule has 7 aliphatic rings. The molecule has 28 atom stereocenters. The van der Waals surface area contributed by atoms with Crippen molar-refractivity contribution >= 4 is 85.9 Å². The summed E-state index contributed by atoms with van der Waals surface area (Å²) >= 11 is 19.1. The fourth-order valence-corrected chi connectivity index (χ4v) is 22.0. The van der Waals surface area contributed by atoms with Gasteiger partial charge in [-0.1, -0.05) is 270 Å². The maximum absolute atomic E-state index is 15.3. The second kappa shape index (κ2) is 44.3. The summed E-state index contributed by atoms with van der Waals surface area (Å²) in [4.78, 5) is 30.6. The van der Waals surface area contributed by atoms with E-state index in [1.165, 1.54) is 0 Å². The lowest BCUT2D eigenvalue weighted by Crippen LogP contribution is -2.63. The fraction of sp³-hybridized carbons (Fsp3) is 0.786. The van der Waals surface area contributed by atoms with Crippen LogP contribution >= 0.6 is 34.8 Å². The fourth-order valence-electron chi connectivity index (χ4n) is 16.8. The Balaban J connectivity index is 0.865. The van der Waals surface area contributed by atoms with Gasteiger partial charge in [0, 0.05) is 29.7 Å². The number of fused-ring (bicyclic) bond motifs is 2. The lowest BCUT2D eigenvalue weighted by Gasteiger charge is -2.48. The number of carbonyl (C=O) groups is 2. The summed E-state index contributed by atoms with van der Waals surface area (Å²) in [6.07, 6.45) is -16.0. The molecule has 7 fully saturated rings. The summed E-state index contributed by atoms with van der Waals surface area (Å²) < 4.78 is 149. The smallest absolute Gasteiger partial charge is 0.308 e. The van der Waals surface area contributed by atoms with E-state index in [4.69, 9.17) is 143 Å². The molecule has 130 heavy (non-hydrogen) atoms. The summed E-state index contributed by atoms with van der Waals surface area (Å²) in [6.45, 7) is 67.3. The second-order valence-corrected chi connectivity index (χ2v) is 65.6. The third kappa shape index (κ3) is 27.6. The van der Waals surface area contributed by atoms with E-state index >= 15 is 9.59 Å². The molecule has 0 bridgehead atoms. The van der Waals surface area contributed by atoms with E-state index in [1.807, 2.05) is 112 Å². The van der Waals surface area contributed by atoms with Crippen molar-refractivity contribution in [3.05, 3.63) is 108 Å². The van der Waals surface area contributed by atoms with Crippen LogP contribution in [0.5, 0.6) is 0 Å². The molecular weight excluding hydrogens is 1790 g/mol.